The van der Waals surface area contributed by atoms with Crippen LogP contribution in [0.5, 0.6) is 0 Å². The van der Waals surface area contributed by atoms with Crippen LogP contribution >= 0.6 is 0 Å². The molecule has 208 valence electrons. The molecular formula is C29H36FN5O4. The summed E-state index contributed by atoms with van der Waals surface area (Å²) in [5.41, 5.74) is 0.453. The minimum absolute atomic E-state index is 0.0811. The van der Waals surface area contributed by atoms with Crippen molar-refractivity contribution in [2.45, 2.75) is 57.5 Å². The summed E-state index contributed by atoms with van der Waals surface area (Å²) in [6.07, 6.45) is 6.82. The van der Waals surface area contributed by atoms with Crippen LogP contribution in [-0.4, -0.2) is 78.0 Å². The fourth-order valence-corrected chi connectivity index (χ4v) is 5.23. The fourth-order valence-electron chi connectivity index (χ4n) is 5.23. The van der Waals surface area contributed by atoms with Crippen molar-refractivity contribution in [2.24, 2.45) is 4.99 Å². The van der Waals surface area contributed by atoms with Gasteiger partial charge in [-0.05, 0) is 50.1 Å². The summed E-state index contributed by atoms with van der Waals surface area (Å²) in [5.74, 6) is 0.0950. The highest BCUT2D eigenvalue weighted by Gasteiger charge is 2.49. The van der Waals surface area contributed by atoms with Gasteiger partial charge in [-0.2, -0.15) is 0 Å². The number of ether oxygens (including phenoxy) is 3. The normalized spacial score (nSPS) is 23.3. The van der Waals surface area contributed by atoms with E-state index in [0.717, 1.165) is 29.7 Å². The molecule has 2 aromatic rings. The van der Waals surface area contributed by atoms with E-state index in [0.29, 0.717) is 57.4 Å². The lowest BCUT2D eigenvalue weighted by atomic mass is 9.88. The van der Waals surface area contributed by atoms with E-state index >= 15 is 0 Å². The van der Waals surface area contributed by atoms with Crippen LogP contribution in [0.3, 0.4) is 0 Å². The van der Waals surface area contributed by atoms with Gasteiger partial charge in [0.15, 0.2) is 5.66 Å². The molecule has 2 fully saturated rings. The molecule has 0 spiro atoms. The number of carbonyl (C=O) groups is 1. The maximum atomic E-state index is 14.7. The molecule has 0 bridgehead atoms. The molecule has 2 aromatic heterocycles. The number of hydrogen-bond acceptors (Lipinski definition) is 8. The quantitative estimate of drug-likeness (QED) is 0.597. The van der Waals surface area contributed by atoms with E-state index in [1.165, 1.54) is 26.1 Å². The average molecular weight is 538 g/mol. The molecule has 1 N–H and O–H groups in total. The molecule has 0 radical (unpaired) electrons. The summed E-state index contributed by atoms with van der Waals surface area (Å²) in [4.78, 5) is 29.6. The van der Waals surface area contributed by atoms with Crippen LogP contribution in [0.15, 0.2) is 53.5 Å². The Labute approximate surface area is 228 Å². The summed E-state index contributed by atoms with van der Waals surface area (Å²) >= 11 is 0. The van der Waals surface area contributed by atoms with Gasteiger partial charge in [0.2, 0.25) is 5.90 Å². The first kappa shape index (κ1) is 27.4. The second-order valence-corrected chi connectivity index (χ2v) is 10.6. The third kappa shape index (κ3) is 6.03. The van der Waals surface area contributed by atoms with Crippen molar-refractivity contribution in [1.29, 1.82) is 0 Å². The van der Waals surface area contributed by atoms with Crippen molar-refractivity contribution in [3.8, 4) is 0 Å². The minimum Gasteiger partial charge on any atom is -0.475 e. The highest BCUT2D eigenvalue weighted by atomic mass is 19.1. The molecule has 1 atom stereocenters. The van der Waals surface area contributed by atoms with Gasteiger partial charge >= 0.3 is 0 Å². The molecule has 0 aliphatic carbocycles. The standard InChI is InChI=1S/C29H36FN5O4/c1-20-24(22-5-4-9-31-19-22)18-29(35-11-15-38-16-12-35,27(33-20)39-23-7-13-37-14-8-23)34-26(36)21-6-10-32-25(17-21)28(2,3)30/h4-6,9-10,17,19,23H,7-8,11-16,18H2,1-3H3,(H,34,36). The number of rotatable bonds is 6. The number of allylic oxidation sites excluding steroid dienone is 1. The predicted octanol–water partition coefficient (Wildman–Crippen LogP) is 3.87. The second kappa shape index (κ2) is 11.5. The number of nitrogens with zero attached hydrogens (tertiary/aromatic N) is 4. The Morgan fingerprint density at radius 2 is 1.90 bits per heavy atom. The first-order valence-electron chi connectivity index (χ1n) is 13.5. The number of carbonyl (C=O) groups excluding carboxylic acids is 1. The van der Waals surface area contributed by atoms with E-state index in [9.17, 15) is 9.18 Å². The number of alkyl halides is 1. The van der Waals surface area contributed by atoms with Crippen molar-refractivity contribution >= 4 is 17.4 Å². The van der Waals surface area contributed by atoms with E-state index in [1.807, 2.05) is 25.3 Å². The molecule has 5 rings (SSSR count). The topological polar surface area (TPSA) is 98.2 Å². The molecule has 9 nitrogen and oxygen atoms in total. The zero-order valence-corrected chi connectivity index (χ0v) is 22.8. The van der Waals surface area contributed by atoms with Crippen molar-refractivity contribution in [3.05, 3.63) is 65.4 Å². The molecular weight excluding hydrogens is 501 g/mol. The molecule has 39 heavy (non-hydrogen) atoms. The van der Waals surface area contributed by atoms with Gasteiger partial charge in [0.1, 0.15) is 11.8 Å². The fraction of sp³-hybridized carbons (Fsp3) is 0.517. The van der Waals surface area contributed by atoms with Crippen LogP contribution in [0, 0.1) is 0 Å². The van der Waals surface area contributed by atoms with Crippen LogP contribution < -0.4 is 5.32 Å². The van der Waals surface area contributed by atoms with Crippen LogP contribution in [0.1, 0.15) is 61.6 Å². The third-order valence-corrected chi connectivity index (χ3v) is 7.45. The summed E-state index contributed by atoms with van der Waals surface area (Å²) in [6, 6.07) is 6.99. The van der Waals surface area contributed by atoms with Crippen molar-refractivity contribution in [2.75, 3.05) is 39.5 Å². The van der Waals surface area contributed by atoms with E-state index in [2.05, 4.69) is 20.2 Å². The zero-order chi connectivity index (χ0) is 27.5. The summed E-state index contributed by atoms with van der Waals surface area (Å²) in [7, 11) is 0. The summed E-state index contributed by atoms with van der Waals surface area (Å²) in [6.45, 7) is 8.22. The Kier molecular flexibility index (Phi) is 8.06. The van der Waals surface area contributed by atoms with Crippen LogP contribution in [-0.2, 0) is 19.9 Å². The Morgan fingerprint density at radius 1 is 1.15 bits per heavy atom. The number of aromatic nitrogens is 2. The number of halogens is 1. The molecule has 0 aromatic carbocycles. The van der Waals surface area contributed by atoms with Crippen LogP contribution in [0.25, 0.3) is 5.57 Å². The molecule has 1 unspecified atom stereocenters. The number of aliphatic imine (C=N–C) groups is 1. The highest BCUT2D eigenvalue weighted by Crippen LogP contribution is 2.38. The van der Waals surface area contributed by atoms with E-state index < -0.39 is 11.3 Å². The van der Waals surface area contributed by atoms with Crippen molar-refractivity contribution < 1.29 is 23.4 Å². The highest BCUT2D eigenvalue weighted by molar-refractivity contribution is 6.01. The average Bonchev–Trinajstić information content (AvgIpc) is 2.95. The van der Waals surface area contributed by atoms with Gasteiger partial charge < -0.3 is 19.5 Å². The zero-order valence-electron chi connectivity index (χ0n) is 22.8. The lowest BCUT2D eigenvalue weighted by molar-refractivity contribution is -0.0281. The first-order chi connectivity index (χ1) is 18.8. The van der Waals surface area contributed by atoms with E-state index in [-0.39, 0.29) is 17.7 Å². The van der Waals surface area contributed by atoms with Crippen molar-refractivity contribution in [3.63, 3.8) is 0 Å². The van der Waals surface area contributed by atoms with Gasteiger partial charge in [-0.3, -0.25) is 19.7 Å². The molecule has 2 saturated heterocycles. The van der Waals surface area contributed by atoms with Crippen molar-refractivity contribution in [1.82, 2.24) is 20.2 Å². The van der Waals surface area contributed by atoms with Crippen LogP contribution in [0.4, 0.5) is 4.39 Å². The Hall–Kier alpha value is -3.21. The van der Waals surface area contributed by atoms with Gasteiger partial charge in [-0.15, -0.1) is 0 Å². The van der Waals surface area contributed by atoms with Gasteiger partial charge in [-0.1, -0.05) is 6.07 Å². The molecule has 0 saturated carbocycles. The molecule has 1 amide bonds. The first-order valence-corrected chi connectivity index (χ1v) is 13.5. The molecule has 3 aliphatic heterocycles. The number of morpholine rings is 1. The maximum absolute atomic E-state index is 14.7. The van der Waals surface area contributed by atoms with Gasteiger partial charge in [0.05, 0.1) is 32.1 Å². The number of amides is 1. The number of pyridine rings is 2. The van der Waals surface area contributed by atoms with E-state index in [1.54, 1.807) is 12.3 Å². The smallest absolute Gasteiger partial charge is 0.253 e. The second-order valence-electron chi connectivity index (χ2n) is 10.6. The summed E-state index contributed by atoms with van der Waals surface area (Å²) < 4.78 is 32.6. The Morgan fingerprint density at radius 3 is 2.59 bits per heavy atom. The Balaban J connectivity index is 1.58. The summed E-state index contributed by atoms with van der Waals surface area (Å²) in [5, 5.41) is 3.30. The minimum atomic E-state index is -1.69. The monoisotopic (exact) mass is 537 g/mol. The lowest BCUT2D eigenvalue weighted by Crippen LogP contribution is -2.69. The number of nitrogens with one attached hydrogen (secondary N) is 1. The number of hydrogen-bond donors (Lipinski definition) is 1. The van der Waals surface area contributed by atoms with Gasteiger partial charge in [0, 0.05) is 62.2 Å². The predicted molar refractivity (Wildman–Crippen MR) is 145 cm³/mol. The maximum Gasteiger partial charge on any atom is 0.253 e. The Bertz CT molecular complexity index is 1230. The third-order valence-electron chi connectivity index (χ3n) is 7.45. The van der Waals surface area contributed by atoms with Crippen LogP contribution in [0.2, 0.25) is 0 Å². The van der Waals surface area contributed by atoms with Gasteiger partial charge in [-0.25, -0.2) is 9.38 Å². The van der Waals surface area contributed by atoms with E-state index in [4.69, 9.17) is 19.2 Å². The molecule has 3 aliphatic rings. The molecule has 5 heterocycles. The largest absolute Gasteiger partial charge is 0.475 e. The van der Waals surface area contributed by atoms with Gasteiger partial charge in [0.25, 0.3) is 5.91 Å². The SMILES string of the molecule is CC1=C(c2cccnc2)CC(NC(=O)c2ccnc(C(C)(C)F)c2)(N2CCOCC2)C(OC2CCOCC2)=N1. The lowest BCUT2D eigenvalue weighted by Gasteiger charge is -2.48. The molecule has 10 heteroatoms.